The average Bonchev–Trinajstić information content (AvgIpc) is 3.24. The number of alkyl carbamates (subject to hydrolysis) is 1. The molecule has 1 saturated heterocycles. The van der Waals surface area contributed by atoms with E-state index in [1.54, 1.807) is 25.7 Å². The molecule has 1 aliphatic heterocycles. The van der Waals surface area contributed by atoms with Crippen LogP contribution in [0.15, 0.2) is 30.5 Å². The Hall–Kier alpha value is -3.56. The number of nitrogens with zero attached hydrogens (tertiary/aromatic N) is 1. The molecule has 2 heterocycles. The van der Waals surface area contributed by atoms with Crippen LogP contribution in [0.2, 0.25) is 0 Å². The molecule has 4 N–H and O–H groups in total. The molecule has 1 aromatic heterocycles. The molecule has 3 amide bonds. The number of aromatic nitrogens is 1. The van der Waals surface area contributed by atoms with Gasteiger partial charge in [-0.25, -0.2) is 9.59 Å². The van der Waals surface area contributed by atoms with Crippen LogP contribution in [0.4, 0.5) is 4.79 Å². The van der Waals surface area contributed by atoms with Crippen LogP contribution in [-0.2, 0) is 25.5 Å². The second-order valence-electron chi connectivity index (χ2n) is 11.4. The molecule has 10 nitrogen and oxygen atoms in total. The van der Waals surface area contributed by atoms with E-state index in [1.807, 2.05) is 44.3 Å². The first-order valence-corrected chi connectivity index (χ1v) is 13.2. The Morgan fingerprint density at radius 1 is 1.08 bits per heavy atom. The number of H-pyrrole nitrogens is 1. The summed E-state index contributed by atoms with van der Waals surface area (Å²) in [4.78, 5) is 55.4. The van der Waals surface area contributed by atoms with Gasteiger partial charge in [0.2, 0.25) is 11.8 Å². The number of aliphatic carboxylic acids is 1. The Morgan fingerprint density at radius 3 is 2.34 bits per heavy atom. The third-order valence-electron chi connectivity index (χ3n) is 6.59. The van der Waals surface area contributed by atoms with E-state index in [0.29, 0.717) is 32.4 Å². The smallest absolute Gasteiger partial charge is 0.408 e. The number of ether oxygens (including phenoxy) is 1. The predicted molar refractivity (Wildman–Crippen MR) is 143 cm³/mol. The van der Waals surface area contributed by atoms with Crippen molar-refractivity contribution in [3.05, 3.63) is 36.0 Å². The third kappa shape index (κ3) is 7.97. The van der Waals surface area contributed by atoms with Crippen molar-refractivity contribution in [2.24, 2.45) is 11.8 Å². The van der Waals surface area contributed by atoms with Crippen LogP contribution in [0.1, 0.15) is 59.4 Å². The number of hydrogen-bond donors (Lipinski definition) is 4. The zero-order valence-electron chi connectivity index (χ0n) is 22.9. The van der Waals surface area contributed by atoms with Crippen LogP contribution >= 0.6 is 0 Å². The quantitative estimate of drug-likeness (QED) is 0.393. The first kappa shape index (κ1) is 29.0. The van der Waals surface area contributed by atoms with Crippen LogP contribution in [0, 0.1) is 11.8 Å². The fraction of sp³-hybridized carbons (Fsp3) is 0.571. The predicted octanol–water partition coefficient (Wildman–Crippen LogP) is 3.46. The average molecular weight is 529 g/mol. The number of hydrogen-bond acceptors (Lipinski definition) is 5. The van der Waals surface area contributed by atoms with E-state index in [4.69, 9.17) is 4.74 Å². The van der Waals surface area contributed by atoms with E-state index in [1.165, 1.54) is 0 Å². The van der Waals surface area contributed by atoms with Crippen LogP contribution < -0.4 is 10.6 Å². The second-order valence-corrected chi connectivity index (χ2v) is 11.4. The normalized spacial score (nSPS) is 16.2. The summed E-state index contributed by atoms with van der Waals surface area (Å²) in [7, 11) is 0. The molecule has 38 heavy (non-hydrogen) atoms. The second kappa shape index (κ2) is 12.3. The molecular formula is C28H40N4O6. The van der Waals surface area contributed by atoms with Crippen LogP contribution in [-0.4, -0.2) is 69.6 Å². The summed E-state index contributed by atoms with van der Waals surface area (Å²) in [6, 6.07) is 5.97. The van der Waals surface area contributed by atoms with Crippen molar-refractivity contribution in [1.29, 1.82) is 0 Å². The van der Waals surface area contributed by atoms with Crippen molar-refractivity contribution in [3.63, 3.8) is 0 Å². The summed E-state index contributed by atoms with van der Waals surface area (Å²) >= 11 is 0. The van der Waals surface area contributed by atoms with Gasteiger partial charge in [0.25, 0.3) is 0 Å². The van der Waals surface area contributed by atoms with Gasteiger partial charge in [-0.05, 0) is 57.6 Å². The lowest BCUT2D eigenvalue weighted by Gasteiger charge is -2.34. The van der Waals surface area contributed by atoms with E-state index >= 15 is 0 Å². The number of nitrogens with one attached hydrogen (secondary N) is 3. The lowest BCUT2D eigenvalue weighted by Crippen LogP contribution is -2.53. The van der Waals surface area contributed by atoms with Crippen molar-refractivity contribution in [2.45, 2.75) is 78.0 Å². The molecule has 1 aromatic carbocycles. The number of likely N-dealkylation sites (tertiary alicyclic amines) is 1. The molecule has 0 spiro atoms. The van der Waals surface area contributed by atoms with E-state index < -0.39 is 29.7 Å². The van der Waals surface area contributed by atoms with Gasteiger partial charge < -0.3 is 30.4 Å². The highest BCUT2D eigenvalue weighted by Gasteiger charge is 2.34. The van der Waals surface area contributed by atoms with Crippen molar-refractivity contribution in [2.75, 3.05) is 13.1 Å². The van der Waals surface area contributed by atoms with Gasteiger partial charge in [0.1, 0.15) is 17.7 Å². The standard InChI is InChI=1S/C28H40N4O6/c1-17(2)14-23(26(35)36)30-24(33)18-10-12-32(13-11-18)25(34)22(31-27(37)38-28(3,4)5)15-19-16-29-21-9-7-6-8-20(19)21/h6-9,16-18,22-23,29H,10-15H2,1-5H3,(H,30,33)(H,31,37)(H,35,36). The van der Waals surface area contributed by atoms with Crippen LogP contribution in [0.3, 0.4) is 0 Å². The van der Waals surface area contributed by atoms with E-state index in [-0.39, 0.29) is 30.1 Å². The number of carboxylic acid groups (broad SMARTS) is 1. The number of para-hydroxylation sites is 1. The summed E-state index contributed by atoms with van der Waals surface area (Å²) in [5.74, 6) is -1.84. The van der Waals surface area contributed by atoms with Gasteiger partial charge in [-0.3, -0.25) is 9.59 Å². The van der Waals surface area contributed by atoms with Gasteiger partial charge in [-0.1, -0.05) is 32.0 Å². The first-order valence-electron chi connectivity index (χ1n) is 13.2. The maximum atomic E-state index is 13.6. The Labute approximate surface area is 223 Å². The van der Waals surface area contributed by atoms with Gasteiger partial charge >= 0.3 is 12.1 Å². The molecule has 2 aromatic rings. The van der Waals surface area contributed by atoms with Gasteiger partial charge in [0, 0.05) is 42.5 Å². The van der Waals surface area contributed by atoms with E-state index in [0.717, 1.165) is 16.5 Å². The number of carbonyl (C=O) groups is 4. The highest BCUT2D eigenvalue weighted by molar-refractivity contribution is 5.89. The van der Waals surface area contributed by atoms with Crippen molar-refractivity contribution in [3.8, 4) is 0 Å². The Balaban J connectivity index is 1.68. The molecular weight excluding hydrogens is 488 g/mol. The van der Waals surface area contributed by atoms with Crippen molar-refractivity contribution in [1.82, 2.24) is 20.5 Å². The number of carboxylic acids is 1. The Kier molecular flexibility index (Phi) is 9.40. The molecule has 1 fully saturated rings. The van der Waals surface area contributed by atoms with Gasteiger partial charge in [0.15, 0.2) is 0 Å². The summed E-state index contributed by atoms with van der Waals surface area (Å²) in [5.41, 5.74) is 1.12. The highest BCUT2D eigenvalue weighted by atomic mass is 16.6. The number of benzene rings is 1. The minimum absolute atomic E-state index is 0.127. The number of fused-ring (bicyclic) bond motifs is 1. The zero-order valence-corrected chi connectivity index (χ0v) is 22.9. The van der Waals surface area contributed by atoms with Crippen molar-refractivity contribution >= 4 is 34.8 Å². The summed E-state index contributed by atoms with van der Waals surface area (Å²) in [6.07, 6.45) is 2.63. The van der Waals surface area contributed by atoms with Gasteiger partial charge in [-0.15, -0.1) is 0 Å². The monoisotopic (exact) mass is 528 g/mol. The molecule has 3 rings (SSSR count). The molecule has 0 bridgehead atoms. The maximum Gasteiger partial charge on any atom is 0.408 e. The molecule has 1 aliphatic rings. The minimum atomic E-state index is -1.05. The number of rotatable bonds is 9. The number of piperidine rings is 1. The zero-order chi connectivity index (χ0) is 28.0. The highest BCUT2D eigenvalue weighted by Crippen LogP contribution is 2.23. The first-order chi connectivity index (χ1) is 17.8. The summed E-state index contributed by atoms with van der Waals surface area (Å²) in [5, 5.41) is 15.8. The number of carbonyl (C=O) groups excluding carboxylic acids is 3. The van der Waals surface area contributed by atoms with Gasteiger partial charge in [-0.2, -0.15) is 0 Å². The molecule has 0 aliphatic carbocycles. The van der Waals surface area contributed by atoms with Crippen molar-refractivity contribution < 1.29 is 29.0 Å². The number of amides is 3. The van der Waals surface area contributed by atoms with Crippen LogP contribution in [0.5, 0.6) is 0 Å². The summed E-state index contributed by atoms with van der Waals surface area (Å²) in [6.45, 7) is 9.76. The Bertz CT molecular complexity index is 1140. The molecule has 0 radical (unpaired) electrons. The minimum Gasteiger partial charge on any atom is -0.480 e. The Morgan fingerprint density at radius 2 is 1.74 bits per heavy atom. The summed E-state index contributed by atoms with van der Waals surface area (Å²) < 4.78 is 5.42. The maximum absolute atomic E-state index is 13.6. The largest absolute Gasteiger partial charge is 0.480 e. The van der Waals surface area contributed by atoms with Gasteiger partial charge in [0.05, 0.1) is 0 Å². The molecule has 2 unspecified atom stereocenters. The molecule has 208 valence electrons. The fourth-order valence-corrected chi connectivity index (χ4v) is 4.74. The fourth-order valence-electron chi connectivity index (χ4n) is 4.74. The number of aromatic amines is 1. The van der Waals surface area contributed by atoms with Crippen LogP contribution in [0.25, 0.3) is 10.9 Å². The molecule has 10 heteroatoms. The topological polar surface area (TPSA) is 141 Å². The lowest BCUT2D eigenvalue weighted by atomic mass is 9.94. The molecule has 0 saturated carbocycles. The lowest BCUT2D eigenvalue weighted by molar-refractivity contribution is -0.143. The third-order valence-corrected chi connectivity index (χ3v) is 6.59. The van der Waals surface area contributed by atoms with E-state index in [2.05, 4.69) is 15.6 Å². The van der Waals surface area contributed by atoms with E-state index in [9.17, 15) is 24.3 Å². The molecule has 2 atom stereocenters. The SMILES string of the molecule is CC(C)CC(NC(=O)C1CCN(C(=O)C(Cc2c[nH]c3ccccc23)NC(=O)OC(C)(C)C)CC1)C(=O)O.